The Balaban J connectivity index is 2.01. The highest BCUT2D eigenvalue weighted by Gasteiger charge is 2.18. The maximum Gasteiger partial charge on any atom is 0.115 e. The third-order valence-corrected chi connectivity index (χ3v) is 1.27. The highest BCUT2D eigenvalue weighted by Crippen LogP contribution is 1.86. The van der Waals surface area contributed by atoms with Gasteiger partial charge in [-0.05, 0) is 0 Å². The Kier molecular flexibility index (Phi) is 1.08. The van der Waals surface area contributed by atoms with Crippen LogP contribution in [-0.4, -0.2) is 24.3 Å². The zero-order chi connectivity index (χ0) is 4.41. The molecule has 0 unspecified atom stereocenters. The van der Waals surface area contributed by atoms with Crippen molar-refractivity contribution in [2.24, 2.45) is 0 Å². The standard InChI is InChI=1S/C4H9NO/c6-3-4-1-2-5-4/h4-6H,1-3H2/p+1/t4-/m0/s1. The molecule has 36 valence electrons. The van der Waals surface area contributed by atoms with Crippen LogP contribution in [0.25, 0.3) is 0 Å². The van der Waals surface area contributed by atoms with Gasteiger partial charge in [-0.3, -0.25) is 0 Å². The summed E-state index contributed by atoms with van der Waals surface area (Å²) in [6.07, 6.45) is 1.20. The summed E-state index contributed by atoms with van der Waals surface area (Å²) in [6, 6.07) is 0.546. The Morgan fingerprint density at radius 2 is 2.50 bits per heavy atom. The molecule has 1 rings (SSSR count). The largest absolute Gasteiger partial charge is 0.390 e. The molecule has 0 aliphatic carbocycles. The molecule has 1 fully saturated rings. The second kappa shape index (κ2) is 1.58. The van der Waals surface area contributed by atoms with Crippen LogP contribution in [0.2, 0.25) is 0 Å². The number of hydrogen-bond acceptors (Lipinski definition) is 1. The molecule has 1 saturated heterocycles. The summed E-state index contributed by atoms with van der Waals surface area (Å²) in [5.74, 6) is 0. The van der Waals surface area contributed by atoms with E-state index < -0.39 is 0 Å². The molecule has 1 aliphatic rings. The van der Waals surface area contributed by atoms with E-state index in [2.05, 4.69) is 5.32 Å². The summed E-state index contributed by atoms with van der Waals surface area (Å²) in [5, 5.41) is 10.5. The Morgan fingerprint density at radius 3 is 2.50 bits per heavy atom. The van der Waals surface area contributed by atoms with Crippen LogP contribution in [-0.2, 0) is 0 Å². The smallest absolute Gasteiger partial charge is 0.115 e. The van der Waals surface area contributed by atoms with Crippen molar-refractivity contribution in [2.75, 3.05) is 13.2 Å². The van der Waals surface area contributed by atoms with Gasteiger partial charge in [0, 0.05) is 0 Å². The number of aliphatic hydroxyl groups is 1. The topological polar surface area (TPSA) is 36.8 Å². The van der Waals surface area contributed by atoms with Crippen LogP contribution in [0.4, 0.5) is 0 Å². The fourth-order valence-electron chi connectivity index (χ4n) is 0.568. The summed E-state index contributed by atoms with van der Waals surface area (Å²) in [6.45, 7) is 1.57. The third kappa shape index (κ3) is 0.533. The molecule has 0 radical (unpaired) electrons. The van der Waals surface area contributed by atoms with E-state index in [4.69, 9.17) is 5.11 Å². The molecule has 0 aromatic carbocycles. The number of aliphatic hydroxyl groups excluding tert-OH is 1. The SMILES string of the molecule is OC[C@@H]1CC[NH2+]1. The highest BCUT2D eigenvalue weighted by atomic mass is 16.3. The Hall–Kier alpha value is -0.0800. The van der Waals surface area contributed by atoms with Crippen LogP contribution in [0.15, 0.2) is 0 Å². The zero-order valence-electron chi connectivity index (χ0n) is 3.72. The van der Waals surface area contributed by atoms with Crippen molar-refractivity contribution in [2.45, 2.75) is 12.5 Å². The van der Waals surface area contributed by atoms with Crippen molar-refractivity contribution < 1.29 is 10.4 Å². The van der Waals surface area contributed by atoms with Gasteiger partial charge in [-0.25, -0.2) is 0 Å². The molecule has 0 spiro atoms. The third-order valence-electron chi connectivity index (χ3n) is 1.27. The summed E-state index contributed by atoms with van der Waals surface area (Å²) in [4.78, 5) is 0. The van der Waals surface area contributed by atoms with E-state index in [1.807, 2.05) is 0 Å². The van der Waals surface area contributed by atoms with Crippen molar-refractivity contribution in [3.05, 3.63) is 0 Å². The fourth-order valence-corrected chi connectivity index (χ4v) is 0.568. The lowest BCUT2D eigenvalue weighted by molar-refractivity contribution is -0.744. The number of nitrogens with two attached hydrogens (primary N) is 1. The van der Waals surface area contributed by atoms with Gasteiger partial charge < -0.3 is 10.4 Å². The summed E-state index contributed by atoms with van der Waals surface area (Å²) < 4.78 is 0. The summed E-state index contributed by atoms with van der Waals surface area (Å²) >= 11 is 0. The van der Waals surface area contributed by atoms with Crippen LogP contribution in [0.5, 0.6) is 0 Å². The number of quaternary nitrogens is 1. The van der Waals surface area contributed by atoms with E-state index in [0.717, 1.165) is 0 Å². The van der Waals surface area contributed by atoms with Gasteiger partial charge in [0.05, 0.1) is 19.6 Å². The maximum absolute atomic E-state index is 8.35. The molecule has 1 aliphatic heterocycles. The number of rotatable bonds is 1. The first-order valence-electron chi connectivity index (χ1n) is 2.37. The lowest BCUT2D eigenvalue weighted by Gasteiger charge is -2.19. The van der Waals surface area contributed by atoms with Gasteiger partial charge in [-0.2, -0.15) is 0 Å². The molecule has 1 heterocycles. The summed E-state index contributed by atoms with van der Waals surface area (Å²) in [7, 11) is 0. The van der Waals surface area contributed by atoms with Crippen molar-refractivity contribution in [1.29, 1.82) is 0 Å². The first-order valence-corrected chi connectivity index (χ1v) is 2.37. The first kappa shape index (κ1) is 4.09. The molecule has 0 amide bonds. The van der Waals surface area contributed by atoms with Crippen molar-refractivity contribution in [3.63, 3.8) is 0 Å². The lowest BCUT2D eigenvalue weighted by atomic mass is 10.1. The maximum atomic E-state index is 8.35. The van der Waals surface area contributed by atoms with Gasteiger partial charge in [0.2, 0.25) is 0 Å². The molecule has 2 heteroatoms. The minimum absolute atomic E-state index is 0.361. The van der Waals surface area contributed by atoms with Gasteiger partial charge in [0.15, 0.2) is 0 Å². The van der Waals surface area contributed by atoms with E-state index in [-0.39, 0.29) is 0 Å². The van der Waals surface area contributed by atoms with Gasteiger partial charge in [0.1, 0.15) is 6.04 Å². The first-order chi connectivity index (χ1) is 2.93. The molecule has 6 heavy (non-hydrogen) atoms. The van der Waals surface area contributed by atoms with Crippen molar-refractivity contribution >= 4 is 0 Å². The molecular weight excluding hydrogens is 78.0 g/mol. The molecule has 2 nitrogen and oxygen atoms in total. The molecule has 0 saturated carbocycles. The Labute approximate surface area is 37.2 Å². The summed E-state index contributed by atoms with van der Waals surface area (Å²) in [5.41, 5.74) is 0. The fraction of sp³-hybridized carbons (Fsp3) is 1.00. The average molecular weight is 88.1 g/mol. The van der Waals surface area contributed by atoms with Crippen LogP contribution in [0.1, 0.15) is 6.42 Å². The van der Waals surface area contributed by atoms with E-state index in [1.165, 1.54) is 13.0 Å². The zero-order valence-corrected chi connectivity index (χ0v) is 3.72. The predicted molar refractivity (Wildman–Crippen MR) is 22.3 cm³/mol. The quantitative estimate of drug-likeness (QED) is 0.394. The normalized spacial score (nSPS) is 32.5. The van der Waals surface area contributed by atoms with Gasteiger partial charge in [0.25, 0.3) is 0 Å². The Bertz CT molecular complexity index is 40.1. The van der Waals surface area contributed by atoms with Gasteiger partial charge in [-0.1, -0.05) is 0 Å². The minimum Gasteiger partial charge on any atom is -0.390 e. The second-order valence-electron chi connectivity index (χ2n) is 1.76. The second-order valence-corrected chi connectivity index (χ2v) is 1.76. The van der Waals surface area contributed by atoms with Gasteiger partial charge in [-0.15, -0.1) is 0 Å². The van der Waals surface area contributed by atoms with Crippen LogP contribution in [0, 0.1) is 0 Å². The molecular formula is C4H10NO+. The lowest BCUT2D eigenvalue weighted by Crippen LogP contribution is -2.99. The predicted octanol–water partition coefficient (Wildman–Crippen LogP) is -1.69. The highest BCUT2D eigenvalue weighted by molar-refractivity contribution is 4.55. The van der Waals surface area contributed by atoms with Crippen molar-refractivity contribution in [3.8, 4) is 0 Å². The van der Waals surface area contributed by atoms with E-state index >= 15 is 0 Å². The molecule has 1 atom stereocenters. The number of hydrogen-bond donors (Lipinski definition) is 2. The molecule has 0 bridgehead atoms. The van der Waals surface area contributed by atoms with E-state index in [9.17, 15) is 0 Å². The van der Waals surface area contributed by atoms with Crippen molar-refractivity contribution in [1.82, 2.24) is 0 Å². The van der Waals surface area contributed by atoms with E-state index in [1.54, 1.807) is 0 Å². The molecule has 3 N–H and O–H groups in total. The van der Waals surface area contributed by atoms with Gasteiger partial charge >= 0.3 is 0 Å². The molecule has 0 aromatic rings. The van der Waals surface area contributed by atoms with E-state index in [0.29, 0.717) is 12.6 Å². The molecule has 0 aromatic heterocycles. The average Bonchev–Trinajstić information content (AvgIpc) is 1.31. The van der Waals surface area contributed by atoms with Crippen LogP contribution >= 0.6 is 0 Å². The van der Waals surface area contributed by atoms with Crippen LogP contribution in [0.3, 0.4) is 0 Å². The minimum atomic E-state index is 0.361. The van der Waals surface area contributed by atoms with Crippen LogP contribution < -0.4 is 5.32 Å². The Morgan fingerprint density at radius 1 is 1.83 bits per heavy atom. The monoisotopic (exact) mass is 88.1 g/mol.